The Labute approximate surface area is 185 Å². The van der Waals surface area contributed by atoms with Gasteiger partial charge in [0.15, 0.2) is 11.5 Å². The van der Waals surface area contributed by atoms with E-state index in [1.54, 1.807) is 24.3 Å². The van der Waals surface area contributed by atoms with E-state index in [-0.39, 0.29) is 5.91 Å². The van der Waals surface area contributed by atoms with Crippen LogP contribution >= 0.6 is 0 Å². The summed E-state index contributed by atoms with van der Waals surface area (Å²) >= 11 is 0. The van der Waals surface area contributed by atoms with Crippen molar-refractivity contribution in [2.75, 3.05) is 26.6 Å². The number of aryl methyl sites for hydroxylation is 1. The van der Waals surface area contributed by atoms with Gasteiger partial charge in [-0.15, -0.1) is 5.10 Å². The summed E-state index contributed by atoms with van der Waals surface area (Å²) in [5.74, 6) is 1.09. The van der Waals surface area contributed by atoms with E-state index in [0.717, 1.165) is 11.1 Å². The molecule has 1 heterocycles. The molecule has 1 amide bonds. The van der Waals surface area contributed by atoms with Crippen molar-refractivity contribution in [3.05, 3.63) is 71.3 Å². The van der Waals surface area contributed by atoms with Gasteiger partial charge in [-0.2, -0.15) is 0 Å². The monoisotopic (exact) mass is 432 g/mol. The summed E-state index contributed by atoms with van der Waals surface area (Å²) in [6.07, 6.45) is 0. The van der Waals surface area contributed by atoms with E-state index in [2.05, 4.69) is 46.8 Å². The minimum absolute atomic E-state index is 0.283. The van der Waals surface area contributed by atoms with Crippen molar-refractivity contribution in [1.29, 1.82) is 0 Å². The number of hydrogen-bond donors (Lipinski definition) is 1. The summed E-state index contributed by atoms with van der Waals surface area (Å²) in [6.45, 7) is 2.66. The number of ether oxygens (including phenoxy) is 3. The molecule has 164 valence electrons. The normalized spacial score (nSPS) is 10.8. The van der Waals surface area contributed by atoms with Crippen LogP contribution in [-0.4, -0.2) is 42.2 Å². The summed E-state index contributed by atoms with van der Waals surface area (Å²) in [5, 5.41) is 11.4. The second kappa shape index (κ2) is 8.97. The number of carbonyl (C=O) groups is 1. The predicted molar refractivity (Wildman–Crippen MR) is 122 cm³/mol. The van der Waals surface area contributed by atoms with Crippen LogP contribution in [0.1, 0.15) is 21.5 Å². The average molecular weight is 432 g/mol. The first-order valence-electron chi connectivity index (χ1n) is 10.0. The lowest BCUT2D eigenvalue weighted by Crippen LogP contribution is -2.12. The second-order valence-electron chi connectivity index (χ2n) is 7.30. The molecule has 0 spiro atoms. The molecule has 0 aliphatic carbocycles. The van der Waals surface area contributed by atoms with Crippen LogP contribution < -0.4 is 19.5 Å². The van der Waals surface area contributed by atoms with Crippen molar-refractivity contribution in [3.8, 4) is 17.2 Å². The molecule has 32 heavy (non-hydrogen) atoms. The first kappa shape index (κ1) is 21.2. The number of hydrogen-bond acceptors (Lipinski definition) is 6. The van der Waals surface area contributed by atoms with Gasteiger partial charge < -0.3 is 19.5 Å². The average Bonchev–Trinajstić information content (AvgIpc) is 3.21. The number of anilines is 1. The van der Waals surface area contributed by atoms with Gasteiger partial charge in [0.05, 0.1) is 33.4 Å². The first-order valence-corrected chi connectivity index (χ1v) is 10.0. The number of rotatable bonds is 7. The number of carbonyl (C=O) groups excluding carboxylic acids is 1. The molecule has 0 saturated carbocycles. The summed E-state index contributed by atoms with van der Waals surface area (Å²) in [6, 6.07) is 17.0. The molecule has 8 nitrogen and oxygen atoms in total. The van der Waals surface area contributed by atoms with E-state index >= 15 is 0 Å². The Balaban J connectivity index is 1.56. The van der Waals surface area contributed by atoms with Crippen LogP contribution in [0.25, 0.3) is 11.0 Å². The van der Waals surface area contributed by atoms with Gasteiger partial charge in [0.25, 0.3) is 5.91 Å². The molecule has 4 rings (SSSR count). The summed E-state index contributed by atoms with van der Waals surface area (Å²) < 4.78 is 17.8. The maximum Gasteiger partial charge on any atom is 0.255 e. The van der Waals surface area contributed by atoms with Crippen LogP contribution in [0.3, 0.4) is 0 Å². The van der Waals surface area contributed by atoms with Gasteiger partial charge in [0.1, 0.15) is 5.52 Å². The standard InChI is InChI=1S/C24H24N4O4/c1-15-5-7-16(8-6-15)14-28-20-10-9-17(11-19(20)26-27-28)24(29)25-18-12-21(30-2)23(32-4)22(13-18)31-3/h5-13H,14H2,1-4H3,(H,25,29). The molecule has 1 aromatic heterocycles. The summed E-state index contributed by atoms with van der Waals surface area (Å²) in [7, 11) is 4.58. The number of nitrogens with one attached hydrogen (secondary N) is 1. The zero-order valence-electron chi connectivity index (χ0n) is 18.4. The van der Waals surface area contributed by atoms with Gasteiger partial charge in [-0.05, 0) is 30.7 Å². The van der Waals surface area contributed by atoms with Crippen molar-refractivity contribution in [2.24, 2.45) is 0 Å². The van der Waals surface area contributed by atoms with Crippen LogP contribution in [0, 0.1) is 6.92 Å². The topological polar surface area (TPSA) is 87.5 Å². The smallest absolute Gasteiger partial charge is 0.255 e. The van der Waals surface area contributed by atoms with E-state index < -0.39 is 0 Å². The van der Waals surface area contributed by atoms with E-state index in [0.29, 0.717) is 40.6 Å². The number of nitrogens with zero attached hydrogens (tertiary/aromatic N) is 3. The molecule has 0 atom stereocenters. The third-order valence-electron chi connectivity index (χ3n) is 5.15. The Hall–Kier alpha value is -4.07. The Morgan fingerprint density at radius 1 is 0.938 bits per heavy atom. The molecule has 0 radical (unpaired) electrons. The molecule has 1 N–H and O–H groups in total. The lowest BCUT2D eigenvalue weighted by atomic mass is 10.1. The van der Waals surface area contributed by atoms with Gasteiger partial charge in [0.2, 0.25) is 5.75 Å². The van der Waals surface area contributed by atoms with Crippen LogP contribution in [0.15, 0.2) is 54.6 Å². The third kappa shape index (κ3) is 4.20. The Kier molecular flexibility index (Phi) is 5.93. The highest BCUT2D eigenvalue weighted by Gasteiger charge is 2.16. The molecule has 8 heteroatoms. The molecule has 0 bridgehead atoms. The fourth-order valence-electron chi connectivity index (χ4n) is 3.45. The quantitative estimate of drug-likeness (QED) is 0.474. The van der Waals surface area contributed by atoms with Crippen molar-refractivity contribution in [1.82, 2.24) is 15.0 Å². The highest BCUT2D eigenvalue weighted by Crippen LogP contribution is 2.40. The maximum atomic E-state index is 12.9. The maximum absolute atomic E-state index is 12.9. The number of fused-ring (bicyclic) bond motifs is 1. The van der Waals surface area contributed by atoms with Gasteiger partial charge in [-0.3, -0.25) is 4.79 Å². The minimum atomic E-state index is -0.283. The Morgan fingerprint density at radius 2 is 1.62 bits per heavy atom. The van der Waals surface area contributed by atoms with Gasteiger partial charge >= 0.3 is 0 Å². The number of amides is 1. The van der Waals surface area contributed by atoms with Crippen LogP contribution in [0.2, 0.25) is 0 Å². The lowest BCUT2D eigenvalue weighted by Gasteiger charge is -2.14. The van der Waals surface area contributed by atoms with Gasteiger partial charge in [-0.1, -0.05) is 35.0 Å². The van der Waals surface area contributed by atoms with E-state index in [1.807, 2.05) is 10.7 Å². The van der Waals surface area contributed by atoms with E-state index in [1.165, 1.54) is 26.9 Å². The molecule has 0 aliphatic rings. The fraction of sp³-hybridized carbons (Fsp3) is 0.208. The fourth-order valence-corrected chi connectivity index (χ4v) is 3.45. The second-order valence-corrected chi connectivity index (χ2v) is 7.30. The molecular formula is C24H24N4O4. The van der Waals surface area contributed by atoms with Crippen LogP contribution in [-0.2, 0) is 6.54 Å². The summed E-state index contributed by atoms with van der Waals surface area (Å²) in [5.41, 5.74) is 4.83. The highest BCUT2D eigenvalue weighted by atomic mass is 16.5. The molecule has 0 fully saturated rings. The van der Waals surface area contributed by atoms with Crippen molar-refractivity contribution < 1.29 is 19.0 Å². The van der Waals surface area contributed by atoms with Gasteiger partial charge in [0, 0.05) is 23.4 Å². The van der Waals surface area contributed by atoms with E-state index in [4.69, 9.17) is 14.2 Å². The molecule has 3 aromatic carbocycles. The molecule has 4 aromatic rings. The van der Waals surface area contributed by atoms with Crippen LogP contribution in [0.5, 0.6) is 17.2 Å². The molecule has 0 aliphatic heterocycles. The first-order chi connectivity index (χ1) is 15.5. The number of aromatic nitrogens is 3. The molecule has 0 unspecified atom stereocenters. The number of benzene rings is 3. The van der Waals surface area contributed by atoms with Crippen molar-refractivity contribution in [2.45, 2.75) is 13.5 Å². The Morgan fingerprint density at radius 3 is 2.25 bits per heavy atom. The lowest BCUT2D eigenvalue weighted by molar-refractivity contribution is 0.102. The minimum Gasteiger partial charge on any atom is -0.493 e. The van der Waals surface area contributed by atoms with Gasteiger partial charge in [-0.25, -0.2) is 4.68 Å². The molecular weight excluding hydrogens is 408 g/mol. The van der Waals surface area contributed by atoms with Crippen LogP contribution in [0.4, 0.5) is 5.69 Å². The zero-order chi connectivity index (χ0) is 22.7. The summed E-state index contributed by atoms with van der Waals surface area (Å²) in [4.78, 5) is 12.9. The molecule has 0 saturated heterocycles. The Bertz CT molecular complexity index is 1240. The SMILES string of the molecule is COc1cc(NC(=O)c2ccc3c(c2)nnn3Cc2ccc(C)cc2)cc(OC)c1OC. The van der Waals surface area contributed by atoms with Crippen molar-refractivity contribution in [3.63, 3.8) is 0 Å². The van der Waals surface area contributed by atoms with E-state index in [9.17, 15) is 4.79 Å². The largest absolute Gasteiger partial charge is 0.493 e. The van der Waals surface area contributed by atoms with Crippen molar-refractivity contribution >= 4 is 22.6 Å². The predicted octanol–water partition coefficient (Wildman–Crippen LogP) is 4.07. The number of methoxy groups -OCH3 is 3. The third-order valence-corrected chi connectivity index (χ3v) is 5.15. The zero-order valence-corrected chi connectivity index (χ0v) is 18.4. The highest BCUT2D eigenvalue weighted by molar-refractivity contribution is 6.06.